The number of hydrogen-bond acceptors (Lipinski definition) is 1. The van der Waals surface area contributed by atoms with Gasteiger partial charge in [-0.05, 0) is 24.5 Å². The van der Waals surface area contributed by atoms with Crippen molar-refractivity contribution in [2.24, 2.45) is 0 Å². The summed E-state index contributed by atoms with van der Waals surface area (Å²) >= 11 is 5.66. The van der Waals surface area contributed by atoms with Crippen LogP contribution in [-0.2, 0) is 0 Å². The first-order valence-corrected chi connectivity index (χ1v) is 3.35. The van der Waals surface area contributed by atoms with E-state index in [2.05, 4.69) is 0 Å². The third-order valence-corrected chi connectivity index (χ3v) is 1.62. The fourth-order valence-corrected chi connectivity index (χ4v) is 0.931. The van der Waals surface area contributed by atoms with Gasteiger partial charge in [-0.1, -0.05) is 23.2 Å². The van der Waals surface area contributed by atoms with Crippen LogP contribution in [0.5, 0.6) is 0 Å². The van der Waals surface area contributed by atoms with Crippen LogP contribution in [0.1, 0.15) is 5.56 Å². The van der Waals surface area contributed by atoms with Crippen molar-refractivity contribution in [1.29, 1.82) is 0 Å². The normalized spacial score (nSPS) is 9.50. The third kappa shape index (κ3) is 1.52. The van der Waals surface area contributed by atoms with E-state index in [1.54, 1.807) is 12.1 Å². The first-order chi connectivity index (χ1) is 4.74. The monoisotopic (exact) mass is 153 g/mol. The maximum Gasteiger partial charge on any atom is 0.327 e. The lowest BCUT2D eigenvalue weighted by Crippen LogP contribution is -2.16. The van der Waals surface area contributed by atoms with Crippen LogP contribution in [0.3, 0.4) is 0 Å². The predicted molar refractivity (Wildman–Crippen MR) is 43.8 cm³/mol. The van der Waals surface area contributed by atoms with Crippen LogP contribution >= 0.6 is 11.6 Å². The van der Waals surface area contributed by atoms with E-state index in [0.29, 0.717) is 5.02 Å². The topological polar surface area (TPSA) is 20.2 Å². The van der Waals surface area contributed by atoms with Gasteiger partial charge in [0.2, 0.25) is 0 Å². The maximum atomic E-state index is 8.66. The quantitative estimate of drug-likeness (QED) is 0.594. The Labute approximate surface area is 65.9 Å². The highest BCUT2D eigenvalue weighted by Gasteiger charge is 1.97. The highest BCUT2D eigenvalue weighted by molar-refractivity contribution is 6.47. The molecule has 0 aliphatic heterocycles. The summed E-state index contributed by atoms with van der Waals surface area (Å²) in [6.07, 6.45) is 0. The van der Waals surface area contributed by atoms with Crippen molar-refractivity contribution in [3.8, 4) is 0 Å². The zero-order chi connectivity index (χ0) is 7.56. The summed E-state index contributed by atoms with van der Waals surface area (Å²) in [5.74, 6) is 0. The zero-order valence-electron chi connectivity index (χ0n) is 5.63. The van der Waals surface area contributed by atoms with Crippen molar-refractivity contribution >= 4 is 24.5 Å². The Kier molecular flexibility index (Phi) is 2.36. The van der Waals surface area contributed by atoms with E-state index < -0.39 is 0 Å². The molecular weight excluding hydrogens is 146 g/mol. The minimum atomic E-state index is 0.644. The van der Waals surface area contributed by atoms with Gasteiger partial charge in [0.05, 0.1) is 0 Å². The van der Waals surface area contributed by atoms with Gasteiger partial charge in [-0.15, -0.1) is 0 Å². The van der Waals surface area contributed by atoms with Gasteiger partial charge in [-0.3, -0.25) is 0 Å². The van der Waals surface area contributed by atoms with Gasteiger partial charge in [-0.25, -0.2) is 0 Å². The first kappa shape index (κ1) is 7.64. The van der Waals surface area contributed by atoms with Gasteiger partial charge in [0.15, 0.2) is 0 Å². The molecule has 0 atom stereocenters. The molecule has 0 aliphatic carbocycles. The molecule has 0 amide bonds. The molecule has 3 heteroatoms. The van der Waals surface area contributed by atoms with E-state index in [4.69, 9.17) is 16.6 Å². The van der Waals surface area contributed by atoms with Gasteiger partial charge in [-0.2, -0.15) is 0 Å². The van der Waals surface area contributed by atoms with Crippen LogP contribution in [0.4, 0.5) is 0 Å². The Balaban J connectivity index is 3.09. The third-order valence-electron chi connectivity index (χ3n) is 1.38. The summed E-state index contributed by atoms with van der Waals surface area (Å²) in [7, 11) is 1.06. The van der Waals surface area contributed by atoms with Gasteiger partial charge in [0, 0.05) is 5.02 Å². The molecule has 0 spiro atoms. The number of aryl methyl sites for hydroxylation is 1. The van der Waals surface area contributed by atoms with Gasteiger partial charge in [0.1, 0.15) is 0 Å². The second kappa shape index (κ2) is 3.08. The molecule has 0 heterocycles. The lowest BCUT2D eigenvalue weighted by Gasteiger charge is -1.99. The Hall–Kier alpha value is -0.465. The summed E-state index contributed by atoms with van der Waals surface area (Å²) in [6, 6.07) is 5.38. The van der Waals surface area contributed by atoms with Crippen molar-refractivity contribution in [2.75, 3.05) is 0 Å². The predicted octanol–water partition coefficient (Wildman–Crippen LogP) is 0.885. The summed E-state index contributed by atoms with van der Waals surface area (Å²) in [4.78, 5) is 0. The fourth-order valence-electron chi connectivity index (χ4n) is 0.750. The summed E-state index contributed by atoms with van der Waals surface area (Å²) in [5.41, 5.74) is 1.79. The maximum absolute atomic E-state index is 8.66. The fraction of sp³-hybridized carbons (Fsp3) is 0.143. The van der Waals surface area contributed by atoms with Crippen molar-refractivity contribution in [1.82, 2.24) is 0 Å². The summed E-state index contributed by atoms with van der Waals surface area (Å²) < 4.78 is 0. The van der Waals surface area contributed by atoms with Gasteiger partial charge in [0.25, 0.3) is 0 Å². The van der Waals surface area contributed by atoms with E-state index >= 15 is 0 Å². The molecule has 0 unspecified atom stereocenters. The Bertz CT molecular complexity index is 237. The lowest BCUT2D eigenvalue weighted by atomic mass is 9.85. The molecule has 1 aromatic carbocycles. The van der Waals surface area contributed by atoms with Gasteiger partial charge >= 0.3 is 7.48 Å². The molecule has 0 bridgehead atoms. The molecule has 0 fully saturated rings. The molecule has 1 nitrogen and oxygen atoms in total. The van der Waals surface area contributed by atoms with Crippen LogP contribution in [0, 0.1) is 6.92 Å². The van der Waals surface area contributed by atoms with Crippen LogP contribution < -0.4 is 5.46 Å². The summed E-state index contributed by atoms with van der Waals surface area (Å²) in [6.45, 7) is 1.92. The molecule has 1 N–H and O–H groups in total. The van der Waals surface area contributed by atoms with E-state index in [1.807, 2.05) is 13.0 Å². The van der Waals surface area contributed by atoms with Gasteiger partial charge < -0.3 is 5.02 Å². The molecule has 51 valence electrons. The number of hydrogen-bond donors (Lipinski definition) is 1. The molecule has 0 saturated heterocycles. The minimum Gasteiger partial charge on any atom is -0.450 e. The summed E-state index contributed by atoms with van der Waals surface area (Å²) in [5, 5.41) is 9.30. The standard InChI is InChI=1S/C7H7BClO/c1-5-2-3-6(9)4-7(5)8-10/h2-4,10H,1H3. The molecule has 0 saturated carbocycles. The van der Waals surface area contributed by atoms with E-state index in [-0.39, 0.29) is 0 Å². The second-order valence-corrected chi connectivity index (χ2v) is 2.57. The molecule has 10 heavy (non-hydrogen) atoms. The van der Waals surface area contributed by atoms with Crippen LogP contribution in [-0.4, -0.2) is 12.5 Å². The molecule has 0 aliphatic rings. The Morgan fingerprint density at radius 2 is 2.20 bits per heavy atom. The zero-order valence-corrected chi connectivity index (χ0v) is 6.39. The lowest BCUT2D eigenvalue weighted by molar-refractivity contribution is 0.615. The first-order valence-electron chi connectivity index (χ1n) is 2.97. The van der Waals surface area contributed by atoms with Crippen molar-refractivity contribution in [2.45, 2.75) is 6.92 Å². The highest BCUT2D eigenvalue weighted by Crippen LogP contribution is 2.05. The molecular formula is C7H7BClO. The number of rotatable bonds is 1. The highest BCUT2D eigenvalue weighted by atomic mass is 35.5. The van der Waals surface area contributed by atoms with Crippen molar-refractivity contribution < 1.29 is 5.02 Å². The van der Waals surface area contributed by atoms with E-state index in [1.165, 1.54) is 0 Å². The average molecular weight is 153 g/mol. The van der Waals surface area contributed by atoms with Crippen LogP contribution in [0.25, 0.3) is 0 Å². The second-order valence-electron chi connectivity index (χ2n) is 2.13. The molecule has 1 rings (SSSR count). The van der Waals surface area contributed by atoms with E-state index in [0.717, 1.165) is 18.5 Å². The van der Waals surface area contributed by atoms with Crippen LogP contribution in [0.2, 0.25) is 5.02 Å². The molecule has 0 aromatic heterocycles. The number of halogens is 1. The average Bonchev–Trinajstić information content (AvgIpc) is 1.94. The molecule has 1 aromatic rings. The van der Waals surface area contributed by atoms with E-state index in [9.17, 15) is 0 Å². The molecule has 1 radical (unpaired) electrons. The minimum absolute atomic E-state index is 0.644. The number of benzene rings is 1. The SMILES string of the molecule is Cc1ccc(Cl)cc1[B]O. The smallest absolute Gasteiger partial charge is 0.327 e. The Morgan fingerprint density at radius 1 is 1.50 bits per heavy atom. The Morgan fingerprint density at radius 3 is 2.70 bits per heavy atom. The largest absolute Gasteiger partial charge is 0.450 e. The van der Waals surface area contributed by atoms with Crippen molar-refractivity contribution in [3.05, 3.63) is 28.8 Å². The van der Waals surface area contributed by atoms with Crippen LogP contribution in [0.15, 0.2) is 18.2 Å². The van der Waals surface area contributed by atoms with Crippen molar-refractivity contribution in [3.63, 3.8) is 0 Å².